The fraction of sp³-hybridized carbons (Fsp3) is 0.357. The van der Waals surface area contributed by atoms with Gasteiger partial charge in [0.2, 0.25) is 0 Å². The van der Waals surface area contributed by atoms with Gasteiger partial charge in [-0.1, -0.05) is 17.7 Å². The van der Waals surface area contributed by atoms with Gasteiger partial charge in [-0.25, -0.2) is 4.39 Å². The van der Waals surface area contributed by atoms with Gasteiger partial charge in [0, 0.05) is 30.2 Å². The summed E-state index contributed by atoms with van der Waals surface area (Å²) in [4.78, 5) is 0.877. The SMILES string of the molecule is Cc1nn(C)c(CC(CSc2cccc(F)c2)NN)c1Cl. The lowest BCUT2D eigenvalue weighted by atomic mass is 10.2. The fourth-order valence-corrected chi connectivity index (χ4v) is 3.27. The predicted molar refractivity (Wildman–Crippen MR) is 84.9 cm³/mol. The molecule has 1 atom stereocenters. The van der Waals surface area contributed by atoms with Gasteiger partial charge in [0.15, 0.2) is 0 Å². The highest BCUT2D eigenvalue weighted by Crippen LogP contribution is 2.24. The monoisotopic (exact) mass is 328 g/mol. The van der Waals surface area contributed by atoms with Crippen molar-refractivity contribution in [2.45, 2.75) is 24.3 Å². The Morgan fingerprint density at radius 3 is 2.86 bits per heavy atom. The summed E-state index contributed by atoms with van der Waals surface area (Å²) in [6.45, 7) is 1.87. The zero-order chi connectivity index (χ0) is 15.4. The molecule has 0 bridgehead atoms. The Hall–Kier alpha value is -1.08. The second-order valence-corrected chi connectivity index (χ2v) is 6.28. The van der Waals surface area contributed by atoms with Crippen molar-refractivity contribution in [3.63, 3.8) is 0 Å². The molecule has 2 rings (SSSR count). The maximum absolute atomic E-state index is 13.1. The average molecular weight is 329 g/mol. The number of hydrazine groups is 1. The lowest BCUT2D eigenvalue weighted by molar-refractivity contribution is 0.551. The number of hydrogen-bond acceptors (Lipinski definition) is 4. The normalized spacial score (nSPS) is 12.6. The molecule has 0 aliphatic heterocycles. The first-order valence-corrected chi connectivity index (χ1v) is 7.90. The molecular formula is C14H18ClFN4S. The van der Waals surface area contributed by atoms with Crippen molar-refractivity contribution in [2.75, 3.05) is 5.75 Å². The Bertz CT molecular complexity index is 617. The summed E-state index contributed by atoms with van der Waals surface area (Å²) in [5, 5.41) is 4.96. The van der Waals surface area contributed by atoms with Gasteiger partial charge in [0.1, 0.15) is 5.82 Å². The van der Waals surface area contributed by atoms with Crippen LogP contribution in [0.2, 0.25) is 5.02 Å². The van der Waals surface area contributed by atoms with Gasteiger partial charge in [-0.15, -0.1) is 11.8 Å². The standard InChI is InChI=1S/C14H18ClFN4S/c1-9-14(15)13(20(2)19-9)7-11(18-17)8-21-12-5-3-4-10(16)6-12/h3-6,11,18H,7-8,17H2,1-2H3. The summed E-state index contributed by atoms with van der Waals surface area (Å²) in [6, 6.07) is 6.54. The second kappa shape index (κ2) is 7.26. The number of nitrogens with one attached hydrogen (secondary N) is 1. The third-order valence-electron chi connectivity index (χ3n) is 3.18. The first-order valence-electron chi connectivity index (χ1n) is 6.53. The van der Waals surface area contributed by atoms with Crippen molar-refractivity contribution in [1.29, 1.82) is 0 Å². The minimum Gasteiger partial charge on any atom is -0.271 e. The number of aromatic nitrogens is 2. The number of halogens is 2. The summed E-state index contributed by atoms with van der Waals surface area (Å²) >= 11 is 7.79. The van der Waals surface area contributed by atoms with Gasteiger partial charge in [0.25, 0.3) is 0 Å². The lowest BCUT2D eigenvalue weighted by Gasteiger charge is -2.16. The number of rotatable bonds is 6. The van der Waals surface area contributed by atoms with Crippen LogP contribution in [-0.2, 0) is 13.5 Å². The van der Waals surface area contributed by atoms with Crippen molar-refractivity contribution in [3.8, 4) is 0 Å². The van der Waals surface area contributed by atoms with Crippen LogP contribution in [0.5, 0.6) is 0 Å². The molecule has 1 aromatic heterocycles. The van der Waals surface area contributed by atoms with Crippen molar-refractivity contribution < 1.29 is 4.39 Å². The highest BCUT2D eigenvalue weighted by Gasteiger charge is 2.16. The molecule has 1 heterocycles. The van der Waals surface area contributed by atoms with Crippen LogP contribution in [0.1, 0.15) is 11.4 Å². The van der Waals surface area contributed by atoms with E-state index in [1.807, 2.05) is 20.0 Å². The molecule has 7 heteroatoms. The van der Waals surface area contributed by atoms with E-state index in [1.54, 1.807) is 22.5 Å². The summed E-state index contributed by atoms with van der Waals surface area (Å²) in [6.07, 6.45) is 0.662. The molecule has 114 valence electrons. The average Bonchev–Trinajstić information content (AvgIpc) is 2.69. The molecule has 4 nitrogen and oxygen atoms in total. The lowest BCUT2D eigenvalue weighted by Crippen LogP contribution is -2.39. The Labute approximate surface area is 132 Å². The molecule has 2 aromatic rings. The Morgan fingerprint density at radius 1 is 1.52 bits per heavy atom. The first kappa shape index (κ1) is 16.3. The predicted octanol–water partition coefficient (Wildman–Crippen LogP) is 2.69. The first-order chi connectivity index (χ1) is 10.0. The van der Waals surface area contributed by atoms with Gasteiger partial charge in [-0.2, -0.15) is 5.10 Å². The van der Waals surface area contributed by atoms with Crippen molar-refractivity contribution in [2.24, 2.45) is 12.9 Å². The maximum Gasteiger partial charge on any atom is 0.124 e. The molecule has 0 spiro atoms. The zero-order valence-electron chi connectivity index (χ0n) is 11.9. The second-order valence-electron chi connectivity index (χ2n) is 4.81. The van der Waals surface area contributed by atoms with Crippen LogP contribution in [0.3, 0.4) is 0 Å². The number of aryl methyl sites for hydroxylation is 2. The van der Waals surface area contributed by atoms with Crippen LogP contribution in [0.15, 0.2) is 29.2 Å². The number of hydrogen-bond donors (Lipinski definition) is 2. The Morgan fingerprint density at radius 2 is 2.29 bits per heavy atom. The summed E-state index contributed by atoms with van der Waals surface area (Å²) in [5.74, 6) is 6.09. The Balaban J connectivity index is 2.00. The Kier molecular flexibility index (Phi) is 5.64. The van der Waals surface area contributed by atoms with E-state index in [1.165, 1.54) is 12.1 Å². The molecule has 0 saturated heterocycles. The maximum atomic E-state index is 13.1. The molecule has 0 aliphatic rings. The number of nitrogens with two attached hydrogens (primary N) is 1. The van der Waals surface area contributed by atoms with E-state index in [2.05, 4.69) is 10.5 Å². The number of nitrogens with zero attached hydrogens (tertiary/aromatic N) is 2. The van der Waals surface area contributed by atoms with Crippen LogP contribution in [0.4, 0.5) is 4.39 Å². The molecule has 0 saturated carbocycles. The molecule has 3 N–H and O–H groups in total. The van der Waals surface area contributed by atoms with Crippen LogP contribution in [0, 0.1) is 12.7 Å². The highest BCUT2D eigenvalue weighted by molar-refractivity contribution is 7.99. The van der Waals surface area contributed by atoms with Crippen molar-refractivity contribution in [1.82, 2.24) is 15.2 Å². The van der Waals surface area contributed by atoms with Gasteiger partial charge in [-0.3, -0.25) is 16.0 Å². The minimum absolute atomic E-state index is 0.0190. The van der Waals surface area contributed by atoms with Gasteiger partial charge < -0.3 is 0 Å². The summed E-state index contributed by atoms with van der Waals surface area (Å²) in [5.41, 5.74) is 4.53. The molecular weight excluding hydrogens is 311 g/mol. The summed E-state index contributed by atoms with van der Waals surface area (Å²) in [7, 11) is 1.86. The molecule has 1 unspecified atom stereocenters. The highest BCUT2D eigenvalue weighted by atomic mass is 35.5. The van der Waals surface area contributed by atoms with Crippen LogP contribution in [-0.4, -0.2) is 21.6 Å². The van der Waals surface area contributed by atoms with Gasteiger partial charge >= 0.3 is 0 Å². The number of benzene rings is 1. The largest absolute Gasteiger partial charge is 0.271 e. The van der Waals surface area contributed by atoms with E-state index in [-0.39, 0.29) is 11.9 Å². The smallest absolute Gasteiger partial charge is 0.124 e. The van der Waals surface area contributed by atoms with Crippen molar-refractivity contribution in [3.05, 3.63) is 46.5 Å². The van der Waals surface area contributed by atoms with Crippen LogP contribution >= 0.6 is 23.4 Å². The summed E-state index contributed by atoms with van der Waals surface area (Å²) < 4.78 is 14.9. The number of thioether (sulfide) groups is 1. The minimum atomic E-state index is -0.234. The molecule has 1 aromatic carbocycles. The molecule has 0 fully saturated rings. The third-order valence-corrected chi connectivity index (χ3v) is 4.83. The third kappa shape index (κ3) is 4.20. The van der Waals surface area contributed by atoms with Gasteiger partial charge in [0.05, 0.1) is 16.4 Å². The van der Waals surface area contributed by atoms with E-state index < -0.39 is 0 Å². The molecule has 21 heavy (non-hydrogen) atoms. The quantitative estimate of drug-likeness (QED) is 0.486. The fourth-order valence-electron chi connectivity index (χ4n) is 2.05. The van der Waals surface area contributed by atoms with E-state index in [0.717, 1.165) is 16.3 Å². The molecule has 0 amide bonds. The molecule has 0 aliphatic carbocycles. The molecule has 0 radical (unpaired) electrons. The van der Waals surface area contributed by atoms with E-state index >= 15 is 0 Å². The van der Waals surface area contributed by atoms with E-state index in [0.29, 0.717) is 17.2 Å². The van der Waals surface area contributed by atoms with Crippen LogP contribution in [0.25, 0.3) is 0 Å². The van der Waals surface area contributed by atoms with E-state index in [9.17, 15) is 4.39 Å². The zero-order valence-corrected chi connectivity index (χ0v) is 13.5. The van der Waals surface area contributed by atoms with Crippen molar-refractivity contribution >= 4 is 23.4 Å². The topological polar surface area (TPSA) is 55.9 Å². The van der Waals surface area contributed by atoms with Crippen LogP contribution < -0.4 is 11.3 Å². The van der Waals surface area contributed by atoms with E-state index in [4.69, 9.17) is 17.4 Å². The van der Waals surface area contributed by atoms with Gasteiger partial charge in [-0.05, 0) is 25.1 Å².